The summed E-state index contributed by atoms with van der Waals surface area (Å²) in [6.45, 7) is 8.38. The molecule has 25 heavy (non-hydrogen) atoms. The van der Waals surface area contributed by atoms with E-state index in [-0.39, 0.29) is 5.91 Å². The second-order valence-electron chi connectivity index (χ2n) is 6.64. The van der Waals surface area contributed by atoms with Crippen molar-refractivity contribution in [3.63, 3.8) is 0 Å². The lowest BCUT2D eigenvalue weighted by Gasteiger charge is -2.30. The van der Waals surface area contributed by atoms with E-state index in [1.807, 2.05) is 24.3 Å². The quantitative estimate of drug-likeness (QED) is 0.555. The van der Waals surface area contributed by atoms with Crippen LogP contribution in [0.1, 0.15) is 56.8 Å². The normalized spacial score (nSPS) is 19.8. The Bertz CT molecular complexity index is 571. The van der Waals surface area contributed by atoms with E-state index in [0.29, 0.717) is 22.6 Å². The number of hydrogen-bond acceptors (Lipinski definition) is 3. The van der Waals surface area contributed by atoms with Gasteiger partial charge in [0.05, 0.1) is 0 Å². The number of rotatable bonds is 5. The Hall–Kier alpha value is -1.82. The van der Waals surface area contributed by atoms with E-state index < -0.39 is 0 Å². The SMILES string of the molecule is CCN(CC)c1ccc(C(=O)NNC(=S)N[C@@H]2CCCC[C@@H]2C)cc1. The van der Waals surface area contributed by atoms with Crippen molar-refractivity contribution in [1.29, 1.82) is 0 Å². The molecule has 3 N–H and O–H groups in total. The minimum Gasteiger partial charge on any atom is -0.372 e. The first-order valence-corrected chi connectivity index (χ1v) is 9.67. The average Bonchev–Trinajstić information content (AvgIpc) is 2.63. The van der Waals surface area contributed by atoms with Crippen molar-refractivity contribution in [1.82, 2.24) is 16.2 Å². The van der Waals surface area contributed by atoms with Crippen molar-refractivity contribution < 1.29 is 4.79 Å². The molecule has 0 aliphatic heterocycles. The number of carbonyl (C=O) groups excluding carboxylic acids is 1. The molecule has 1 amide bonds. The van der Waals surface area contributed by atoms with Crippen LogP contribution in [0.15, 0.2) is 24.3 Å². The molecule has 0 saturated heterocycles. The minimum atomic E-state index is -0.188. The number of carbonyl (C=O) groups is 1. The predicted molar refractivity (Wildman–Crippen MR) is 108 cm³/mol. The highest BCUT2D eigenvalue weighted by molar-refractivity contribution is 7.80. The predicted octanol–water partition coefficient (Wildman–Crippen LogP) is 3.22. The van der Waals surface area contributed by atoms with Crippen LogP contribution in [0.25, 0.3) is 0 Å². The van der Waals surface area contributed by atoms with Crippen molar-refractivity contribution in [3.8, 4) is 0 Å². The van der Waals surface area contributed by atoms with Crippen LogP contribution in [0, 0.1) is 5.92 Å². The van der Waals surface area contributed by atoms with Gasteiger partial charge < -0.3 is 10.2 Å². The molecule has 138 valence electrons. The number of nitrogens with one attached hydrogen (secondary N) is 3. The molecule has 1 fully saturated rings. The summed E-state index contributed by atoms with van der Waals surface area (Å²) in [4.78, 5) is 14.5. The number of anilines is 1. The summed E-state index contributed by atoms with van der Waals surface area (Å²) in [5, 5.41) is 3.79. The van der Waals surface area contributed by atoms with Gasteiger partial charge in [-0.25, -0.2) is 0 Å². The molecule has 6 heteroatoms. The fraction of sp³-hybridized carbons (Fsp3) is 0.579. The van der Waals surface area contributed by atoms with Crippen molar-refractivity contribution in [3.05, 3.63) is 29.8 Å². The number of nitrogens with zero attached hydrogens (tertiary/aromatic N) is 1. The average molecular weight is 363 g/mol. The summed E-state index contributed by atoms with van der Waals surface area (Å²) in [5.74, 6) is 0.420. The standard InChI is InChI=1S/C19H30N4OS/c1-4-23(5-2)16-12-10-15(11-13-16)18(24)21-22-19(25)20-17-9-7-6-8-14(17)3/h10-14,17H,4-9H2,1-3H3,(H,21,24)(H2,20,22,25)/t14-,17+/m0/s1. The highest BCUT2D eigenvalue weighted by Crippen LogP contribution is 2.23. The van der Waals surface area contributed by atoms with Crippen LogP contribution in [0.4, 0.5) is 5.69 Å². The molecule has 1 aliphatic carbocycles. The first-order chi connectivity index (χ1) is 12.0. The summed E-state index contributed by atoms with van der Waals surface area (Å²) in [7, 11) is 0. The number of amides is 1. The monoisotopic (exact) mass is 362 g/mol. The maximum atomic E-state index is 12.3. The van der Waals surface area contributed by atoms with Crippen LogP contribution < -0.4 is 21.1 Å². The molecule has 1 aromatic rings. The van der Waals surface area contributed by atoms with E-state index in [4.69, 9.17) is 12.2 Å². The molecule has 1 aliphatic rings. The van der Waals surface area contributed by atoms with Crippen LogP contribution in [-0.4, -0.2) is 30.2 Å². The van der Waals surface area contributed by atoms with Crippen LogP contribution in [0.5, 0.6) is 0 Å². The first kappa shape index (κ1) is 19.5. The Balaban J connectivity index is 1.82. The zero-order valence-electron chi connectivity index (χ0n) is 15.5. The third-order valence-electron chi connectivity index (χ3n) is 4.98. The Morgan fingerprint density at radius 3 is 2.36 bits per heavy atom. The summed E-state index contributed by atoms with van der Waals surface area (Å²) >= 11 is 5.30. The molecule has 5 nitrogen and oxygen atoms in total. The zero-order valence-corrected chi connectivity index (χ0v) is 16.3. The Morgan fingerprint density at radius 1 is 1.12 bits per heavy atom. The molecule has 0 bridgehead atoms. The van der Waals surface area contributed by atoms with E-state index in [1.54, 1.807) is 0 Å². The molecule has 1 aromatic carbocycles. The summed E-state index contributed by atoms with van der Waals surface area (Å²) in [6, 6.07) is 8.01. The molecule has 0 unspecified atom stereocenters. The Labute approximate surface area is 156 Å². The topological polar surface area (TPSA) is 56.4 Å². The van der Waals surface area contributed by atoms with Crippen molar-refractivity contribution in [2.75, 3.05) is 18.0 Å². The van der Waals surface area contributed by atoms with Crippen molar-refractivity contribution >= 4 is 28.9 Å². The lowest BCUT2D eigenvalue weighted by molar-refractivity contribution is 0.0943. The molecule has 0 spiro atoms. The lowest BCUT2D eigenvalue weighted by Crippen LogP contribution is -2.51. The van der Waals surface area contributed by atoms with Gasteiger partial charge >= 0.3 is 0 Å². The van der Waals surface area contributed by atoms with Gasteiger partial charge in [-0.15, -0.1) is 0 Å². The summed E-state index contributed by atoms with van der Waals surface area (Å²) in [5.41, 5.74) is 7.22. The van der Waals surface area contributed by atoms with Crippen molar-refractivity contribution in [2.45, 2.75) is 52.5 Å². The first-order valence-electron chi connectivity index (χ1n) is 9.27. The van der Waals surface area contributed by atoms with E-state index >= 15 is 0 Å². The van der Waals surface area contributed by atoms with Gasteiger partial charge in [-0.2, -0.15) is 0 Å². The third-order valence-corrected chi connectivity index (χ3v) is 5.20. The van der Waals surface area contributed by atoms with E-state index in [2.05, 4.69) is 41.8 Å². The fourth-order valence-electron chi connectivity index (χ4n) is 3.33. The Kier molecular flexibility index (Phi) is 7.50. The number of hydrogen-bond donors (Lipinski definition) is 3. The van der Waals surface area contributed by atoms with E-state index in [1.165, 1.54) is 19.3 Å². The van der Waals surface area contributed by atoms with Crippen LogP contribution in [0.3, 0.4) is 0 Å². The van der Waals surface area contributed by atoms with Gasteiger partial charge in [0.1, 0.15) is 0 Å². The van der Waals surface area contributed by atoms with Gasteiger partial charge in [0.25, 0.3) is 5.91 Å². The molecule has 2 atom stereocenters. The van der Waals surface area contributed by atoms with Gasteiger partial charge in [0.2, 0.25) is 0 Å². The molecule has 0 radical (unpaired) electrons. The maximum Gasteiger partial charge on any atom is 0.269 e. The Morgan fingerprint density at radius 2 is 1.76 bits per heavy atom. The maximum absolute atomic E-state index is 12.3. The molecule has 2 rings (SSSR count). The highest BCUT2D eigenvalue weighted by atomic mass is 32.1. The summed E-state index contributed by atoms with van der Waals surface area (Å²) < 4.78 is 0. The second kappa shape index (κ2) is 9.61. The summed E-state index contributed by atoms with van der Waals surface area (Å²) in [6.07, 6.45) is 4.88. The largest absolute Gasteiger partial charge is 0.372 e. The number of hydrazine groups is 1. The van der Waals surface area contributed by atoms with E-state index in [9.17, 15) is 4.79 Å². The van der Waals surface area contributed by atoms with Crippen LogP contribution in [0.2, 0.25) is 0 Å². The van der Waals surface area contributed by atoms with Crippen LogP contribution >= 0.6 is 12.2 Å². The number of benzene rings is 1. The molecule has 0 heterocycles. The van der Waals surface area contributed by atoms with Crippen molar-refractivity contribution in [2.24, 2.45) is 5.92 Å². The minimum absolute atomic E-state index is 0.188. The fourth-order valence-corrected chi connectivity index (χ4v) is 3.54. The smallest absolute Gasteiger partial charge is 0.269 e. The van der Waals surface area contributed by atoms with Gasteiger partial charge in [-0.3, -0.25) is 15.6 Å². The third kappa shape index (κ3) is 5.59. The van der Waals surface area contributed by atoms with E-state index in [0.717, 1.165) is 25.2 Å². The second-order valence-corrected chi connectivity index (χ2v) is 7.05. The van der Waals surface area contributed by atoms with Gasteiger partial charge in [0.15, 0.2) is 5.11 Å². The number of thiocarbonyl (C=S) groups is 1. The molecule has 0 aromatic heterocycles. The van der Waals surface area contributed by atoms with Gasteiger partial charge in [-0.1, -0.05) is 19.8 Å². The van der Waals surface area contributed by atoms with Crippen LogP contribution in [-0.2, 0) is 0 Å². The van der Waals surface area contributed by atoms with Gasteiger partial charge in [-0.05, 0) is 69.1 Å². The molecular formula is C19H30N4OS. The molecule has 1 saturated carbocycles. The van der Waals surface area contributed by atoms with Gasteiger partial charge in [0, 0.05) is 30.4 Å². The zero-order chi connectivity index (χ0) is 18.2. The highest BCUT2D eigenvalue weighted by Gasteiger charge is 2.21. The molecular weight excluding hydrogens is 332 g/mol. The lowest BCUT2D eigenvalue weighted by atomic mass is 9.86.